The molecule has 0 aromatic heterocycles. The Labute approximate surface area is 125 Å². The van der Waals surface area contributed by atoms with Crippen LogP contribution in [0.2, 0.25) is 0 Å². The van der Waals surface area contributed by atoms with Crippen LogP contribution in [-0.2, 0) is 10.2 Å². The van der Waals surface area contributed by atoms with E-state index in [0.717, 1.165) is 23.6 Å². The van der Waals surface area contributed by atoms with E-state index in [4.69, 9.17) is 0 Å². The van der Waals surface area contributed by atoms with Gasteiger partial charge in [0.1, 0.15) is 0 Å². The molecule has 0 spiro atoms. The predicted octanol–water partition coefficient (Wildman–Crippen LogP) is 1.94. The number of aromatic carboxylic acids is 1. The molecule has 1 aromatic rings. The second-order valence-corrected chi connectivity index (χ2v) is 7.17. The predicted molar refractivity (Wildman–Crippen MR) is 80.7 cm³/mol. The van der Waals surface area contributed by atoms with Crippen LogP contribution in [0.5, 0.6) is 0 Å². The van der Waals surface area contributed by atoms with E-state index in [9.17, 15) is 18.3 Å². The SMILES string of the molecule is CC1CCCCN1S(=O)(=O)N(C)c1ccccc1C(=O)O. The fourth-order valence-corrected chi connectivity index (χ4v) is 4.27. The van der Waals surface area contributed by atoms with E-state index >= 15 is 0 Å². The zero-order valence-corrected chi connectivity index (χ0v) is 13.0. The third-order valence-corrected chi connectivity index (χ3v) is 5.88. The van der Waals surface area contributed by atoms with Gasteiger partial charge < -0.3 is 5.11 Å². The zero-order chi connectivity index (χ0) is 15.6. The molecule has 1 unspecified atom stereocenters. The molecule has 1 saturated heterocycles. The van der Waals surface area contributed by atoms with E-state index in [1.165, 1.54) is 23.5 Å². The highest BCUT2D eigenvalue weighted by Crippen LogP contribution is 2.27. The van der Waals surface area contributed by atoms with Crippen LogP contribution in [0.4, 0.5) is 5.69 Å². The summed E-state index contributed by atoms with van der Waals surface area (Å²) in [4.78, 5) is 11.3. The molecule has 0 amide bonds. The van der Waals surface area contributed by atoms with Crippen LogP contribution in [0, 0.1) is 0 Å². The van der Waals surface area contributed by atoms with Crippen molar-refractivity contribution in [2.24, 2.45) is 0 Å². The number of rotatable bonds is 4. The second kappa shape index (κ2) is 6.03. The Balaban J connectivity index is 2.39. The lowest BCUT2D eigenvalue weighted by atomic mass is 10.1. The van der Waals surface area contributed by atoms with Gasteiger partial charge in [0, 0.05) is 19.6 Å². The zero-order valence-electron chi connectivity index (χ0n) is 12.2. The van der Waals surface area contributed by atoms with Gasteiger partial charge in [-0.1, -0.05) is 18.6 Å². The van der Waals surface area contributed by atoms with Gasteiger partial charge in [-0.15, -0.1) is 0 Å². The summed E-state index contributed by atoms with van der Waals surface area (Å²) in [5, 5.41) is 9.21. The molecular weight excluding hydrogens is 292 g/mol. The van der Waals surface area contributed by atoms with E-state index in [-0.39, 0.29) is 17.3 Å². The number of carboxylic acid groups (broad SMARTS) is 1. The summed E-state index contributed by atoms with van der Waals surface area (Å²) in [5.41, 5.74) is 0.163. The Morgan fingerprint density at radius 3 is 2.62 bits per heavy atom. The van der Waals surface area contributed by atoms with Crippen LogP contribution in [0.3, 0.4) is 0 Å². The molecule has 1 aliphatic heterocycles. The smallest absolute Gasteiger partial charge is 0.337 e. The summed E-state index contributed by atoms with van der Waals surface area (Å²) in [7, 11) is -2.32. The first kappa shape index (κ1) is 15.8. The molecule has 1 aromatic carbocycles. The number of hydrogen-bond acceptors (Lipinski definition) is 3. The third-order valence-electron chi connectivity index (χ3n) is 3.86. The monoisotopic (exact) mass is 312 g/mol. The molecule has 1 atom stereocenters. The molecule has 1 heterocycles. The topological polar surface area (TPSA) is 77.9 Å². The molecule has 6 nitrogen and oxygen atoms in total. The third kappa shape index (κ3) is 3.03. The Kier molecular flexibility index (Phi) is 4.53. The van der Waals surface area contributed by atoms with Gasteiger partial charge in [-0.25, -0.2) is 4.79 Å². The first-order valence-corrected chi connectivity index (χ1v) is 8.33. The Morgan fingerprint density at radius 1 is 1.33 bits per heavy atom. The van der Waals surface area contributed by atoms with Crippen LogP contribution >= 0.6 is 0 Å². The molecular formula is C14H20N2O4S. The van der Waals surface area contributed by atoms with E-state index in [1.807, 2.05) is 6.92 Å². The van der Waals surface area contributed by atoms with Crippen molar-refractivity contribution in [3.63, 3.8) is 0 Å². The second-order valence-electron chi connectivity index (χ2n) is 5.25. The first-order valence-electron chi connectivity index (χ1n) is 6.93. The largest absolute Gasteiger partial charge is 0.478 e. The summed E-state index contributed by atoms with van der Waals surface area (Å²) in [5.74, 6) is -1.14. The molecule has 7 heteroatoms. The van der Waals surface area contributed by atoms with Gasteiger partial charge in [0.25, 0.3) is 0 Å². The van der Waals surface area contributed by atoms with Crippen LogP contribution in [0.25, 0.3) is 0 Å². The average molecular weight is 312 g/mol. The molecule has 0 radical (unpaired) electrons. The Hall–Kier alpha value is -1.60. The maximum Gasteiger partial charge on any atom is 0.337 e. The molecule has 2 rings (SSSR count). The number of benzene rings is 1. The van der Waals surface area contributed by atoms with Gasteiger partial charge in [0.15, 0.2) is 0 Å². The van der Waals surface area contributed by atoms with Crippen LogP contribution in [0.1, 0.15) is 36.5 Å². The Morgan fingerprint density at radius 2 is 2.00 bits per heavy atom. The molecule has 1 N–H and O–H groups in total. The molecule has 0 bridgehead atoms. The number of piperidine rings is 1. The fraction of sp³-hybridized carbons (Fsp3) is 0.500. The fourth-order valence-electron chi connectivity index (χ4n) is 2.63. The number of carbonyl (C=O) groups is 1. The summed E-state index contributed by atoms with van der Waals surface area (Å²) in [6, 6.07) is 6.06. The van der Waals surface area contributed by atoms with Crippen molar-refractivity contribution < 1.29 is 18.3 Å². The molecule has 116 valence electrons. The first-order chi connectivity index (χ1) is 9.85. The molecule has 21 heavy (non-hydrogen) atoms. The van der Waals surface area contributed by atoms with E-state index in [2.05, 4.69) is 0 Å². The lowest BCUT2D eigenvalue weighted by molar-refractivity contribution is 0.0698. The van der Waals surface area contributed by atoms with Crippen molar-refractivity contribution in [1.82, 2.24) is 4.31 Å². The Bertz CT molecular complexity index is 630. The quantitative estimate of drug-likeness (QED) is 0.921. The van der Waals surface area contributed by atoms with Crippen molar-refractivity contribution >= 4 is 21.9 Å². The number of hydrogen-bond donors (Lipinski definition) is 1. The minimum absolute atomic E-state index is 0.0202. The maximum atomic E-state index is 12.7. The highest BCUT2D eigenvalue weighted by Gasteiger charge is 2.34. The summed E-state index contributed by atoms with van der Waals surface area (Å²) >= 11 is 0. The van der Waals surface area contributed by atoms with E-state index in [0.29, 0.717) is 6.54 Å². The van der Waals surface area contributed by atoms with Gasteiger partial charge in [-0.2, -0.15) is 12.7 Å². The molecule has 1 aliphatic rings. The average Bonchev–Trinajstić information content (AvgIpc) is 2.46. The van der Waals surface area contributed by atoms with Gasteiger partial charge in [0.2, 0.25) is 0 Å². The minimum Gasteiger partial charge on any atom is -0.478 e. The molecule has 1 fully saturated rings. The molecule has 0 saturated carbocycles. The van der Waals surface area contributed by atoms with Gasteiger partial charge in [-0.05, 0) is 31.9 Å². The van der Waals surface area contributed by atoms with Gasteiger partial charge in [-0.3, -0.25) is 4.31 Å². The lowest BCUT2D eigenvalue weighted by Crippen LogP contribution is -2.48. The van der Waals surface area contributed by atoms with Crippen molar-refractivity contribution in [2.75, 3.05) is 17.9 Å². The number of para-hydroxylation sites is 1. The number of nitrogens with zero attached hydrogens (tertiary/aromatic N) is 2. The summed E-state index contributed by atoms with van der Waals surface area (Å²) < 4.78 is 28.0. The van der Waals surface area contributed by atoms with Crippen molar-refractivity contribution in [2.45, 2.75) is 32.2 Å². The highest BCUT2D eigenvalue weighted by molar-refractivity contribution is 7.90. The normalized spacial score (nSPS) is 20.2. The van der Waals surface area contributed by atoms with Crippen molar-refractivity contribution in [1.29, 1.82) is 0 Å². The number of anilines is 1. The van der Waals surface area contributed by atoms with Crippen LogP contribution in [0.15, 0.2) is 24.3 Å². The maximum absolute atomic E-state index is 12.7. The summed E-state index contributed by atoms with van der Waals surface area (Å²) in [6.45, 7) is 2.36. The van der Waals surface area contributed by atoms with E-state index in [1.54, 1.807) is 12.1 Å². The number of carboxylic acids is 1. The standard InChI is InChI=1S/C14H20N2O4S/c1-11-7-5-6-10-16(11)21(19,20)15(2)13-9-4-3-8-12(13)14(17)18/h3-4,8-9,11H,5-7,10H2,1-2H3,(H,17,18). The molecule has 0 aliphatic carbocycles. The van der Waals surface area contributed by atoms with Gasteiger partial charge >= 0.3 is 16.2 Å². The van der Waals surface area contributed by atoms with E-state index < -0.39 is 16.2 Å². The van der Waals surface area contributed by atoms with Crippen LogP contribution < -0.4 is 4.31 Å². The van der Waals surface area contributed by atoms with Gasteiger partial charge in [0.05, 0.1) is 11.3 Å². The highest BCUT2D eigenvalue weighted by atomic mass is 32.2. The lowest BCUT2D eigenvalue weighted by Gasteiger charge is -2.36. The minimum atomic E-state index is -3.72. The van der Waals surface area contributed by atoms with Crippen LogP contribution in [-0.4, -0.2) is 43.4 Å². The van der Waals surface area contributed by atoms with Crippen molar-refractivity contribution in [3.05, 3.63) is 29.8 Å². The van der Waals surface area contributed by atoms with Crippen molar-refractivity contribution in [3.8, 4) is 0 Å². The summed E-state index contributed by atoms with van der Waals surface area (Å²) in [6.07, 6.45) is 2.67.